The van der Waals surface area contributed by atoms with Crippen molar-refractivity contribution in [3.8, 4) is 0 Å². The van der Waals surface area contributed by atoms with Crippen molar-refractivity contribution in [1.29, 1.82) is 0 Å². The molecule has 0 aliphatic carbocycles. The Morgan fingerprint density at radius 2 is 2.46 bits per heavy atom. The van der Waals surface area contributed by atoms with Crippen molar-refractivity contribution in [3.63, 3.8) is 0 Å². The van der Waals surface area contributed by atoms with Crippen molar-refractivity contribution < 1.29 is 9.90 Å². The lowest BCUT2D eigenvalue weighted by Gasteiger charge is -1.97. The van der Waals surface area contributed by atoms with E-state index in [1.807, 2.05) is 6.07 Å². The standard InChI is InChI=1S/C8H10N2O2S/c11-8(12)2-1-5-13-7-3-4-9-6-10-7/h3-4,6H,1-2,5H2,(H,11,12). The van der Waals surface area contributed by atoms with Gasteiger partial charge in [-0.15, -0.1) is 11.8 Å². The minimum Gasteiger partial charge on any atom is -0.481 e. The molecular formula is C8H10N2O2S. The highest BCUT2D eigenvalue weighted by molar-refractivity contribution is 7.99. The fourth-order valence-electron chi connectivity index (χ4n) is 0.764. The highest BCUT2D eigenvalue weighted by Crippen LogP contribution is 2.14. The van der Waals surface area contributed by atoms with Crippen molar-refractivity contribution >= 4 is 17.7 Å². The molecule has 1 aromatic heterocycles. The molecule has 0 amide bonds. The zero-order chi connectivity index (χ0) is 9.52. The van der Waals surface area contributed by atoms with E-state index >= 15 is 0 Å². The quantitative estimate of drug-likeness (QED) is 0.440. The van der Waals surface area contributed by atoms with Crippen LogP contribution in [0.25, 0.3) is 0 Å². The molecule has 4 nitrogen and oxygen atoms in total. The van der Waals surface area contributed by atoms with Crippen LogP contribution < -0.4 is 0 Å². The van der Waals surface area contributed by atoms with Gasteiger partial charge in [-0.05, 0) is 12.5 Å². The number of carbonyl (C=O) groups is 1. The maximum Gasteiger partial charge on any atom is 0.303 e. The Balaban J connectivity index is 2.17. The van der Waals surface area contributed by atoms with E-state index < -0.39 is 5.97 Å². The largest absolute Gasteiger partial charge is 0.481 e. The minimum absolute atomic E-state index is 0.220. The van der Waals surface area contributed by atoms with Crippen LogP contribution in [-0.4, -0.2) is 26.8 Å². The fraction of sp³-hybridized carbons (Fsp3) is 0.375. The number of hydrogen-bond acceptors (Lipinski definition) is 4. The summed E-state index contributed by atoms with van der Waals surface area (Å²) in [6.45, 7) is 0. The van der Waals surface area contributed by atoms with Crippen molar-refractivity contribution in [3.05, 3.63) is 18.6 Å². The highest BCUT2D eigenvalue weighted by Gasteiger charge is 1.98. The molecular weight excluding hydrogens is 188 g/mol. The molecule has 0 saturated carbocycles. The summed E-state index contributed by atoms with van der Waals surface area (Å²) >= 11 is 1.55. The Hall–Kier alpha value is -1.10. The summed E-state index contributed by atoms with van der Waals surface area (Å²) in [6.07, 6.45) is 4.05. The number of carboxylic acids is 1. The molecule has 0 saturated heterocycles. The summed E-state index contributed by atoms with van der Waals surface area (Å²) in [4.78, 5) is 18.0. The van der Waals surface area contributed by atoms with Gasteiger partial charge in [0.15, 0.2) is 0 Å². The average molecular weight is 198 g/mol. The number of rotatable bonds is 5. The summed E-state index contributed by atoms with van der Waals surface area (Å²) < 4.78 is 0. The molecule has 0 spiro atoms. The smallest absolute Gasteiger partial charge is 0.303 e. The molecule has 5 heteroatoms. The molecule has 0 unspecified atom stereocenters. The molecule has 0 aliphatic heterocycles. The van der Waals surface area contributed by atoms with E-state index in [-0.39, 0.29) is 6.42 Å². The molecule has 0 bridgehead atoms. The molecule has 0 fully saturated rings. The third-order valence-electron chi connectivity index (χ3n) is 1.34. The summed E-state index contributed by atoms with van der Waals surface area (Å²) in [5.74, 6) is 0.0341. The lowest BCUT2D eigenvalue weighted by molar-refractivity contribution is -0.137. The van der Waals surface area contributed by atoms with Crippen LogP contribution in [0.4, 0.5) is 0 Å². The number of hydrogen-bond donors (Lipinski definition) is 1. The molecule has 0 atom stereocenters. The molecule has 1 N–H and O–H groups in total. The lowest BCUT2D eigenvalue weighted by atomic mass is 10.3. The summed E-state index contributed by atoms with van der Waals surface area (Å²) in [6, 6.07) is 1.81. The van der Waals surface area contributed by atoms with Crippen LogP contribution in [0.3, 0.4) is 0 Å². The lowest BCUT2D eigenvalue weighted by Crippen LogP contribution is -1.95. The van der Waals surface area contributed by atoms with Crippen molar-refractivity contribution in [2.75, 3.05) is 5.75 Å². The second kappa shape index (κ2) is 5.53. The van der Waals surface area contributed by atoms with Gasteiger partial charge in [-0.25, -0.2) is 9.97 Å². The molecule has 1 heterocycles. The van der Waals surface area contributed by atoms with E-state index in [1.165, 1.54) is 6.33 Å². The number of thioether (sulfide) groups is 1. The summed E-state index contributed by atoms with van der Waals surface area (Å²) in [7, 11) is 0. The van der Waals surface area contributed by atoms with Crippen molar-refractivity contribution in [1.82, 2.24) is 9.97 Å². The summed E-state index contributed by atoms with van der Waals surface area (Å²) in [5.41, 5.74) is 0. The van der Waals surface area contributed by atoms with Gasteiger partial charge in [-0.3, -0.25) is 4.79 Å². The first-order chi connectivity index (χ1) is 6.29. The van der Waals surface area contributed by atoms with E-state index in [2.05, 4.69) is 9.97 Å². The van der Waals surface area contributed by atoms with Crippen LogP contribution >= 0.6 is 11.8 Å². The van der Waals surface area contributed by atoms with E-state index in [4.69, 9.17) is 5.11 Å². The molecule has 70 valence electrons. The van der Waals surface area contributed by atoms with Gasteiger partial charge in [0.05, 0.1) is 5.03 Å². The zero-order valence-electron chi connectivity index (χ0n) is 7.01. The first-order valence-corrected chi connectivity index (χ1v) is 4.88. The van der Waals surface area contributed by atoms with E-state index in [0.29, 0.717) is 6.42 Å². The van der Waals surface area contributed by atoms with Crippen LogP contribution in [0.5, 0.6) is 0 Å². The third kappa shape index (κ3) is 4.47. The average Bonchev–Trinajstić information content (AvgIpc) is 2.14. The van der Waals surface area contributed by atoms with Crippen LogP contribution in [0, 0.1) is 0 Å². The van der Waals surface area contributed by atoms with Gasteiger partial charge in [0.1, 0.15) is 6.33 Å². The van der Waals surface area contributed by atoms with Crippen molar-refractivity contribution in [2.24, 2.45) is 0 Å². The predicted octanol–water partition coefficient (Wildman–Crippen LogP) is 1.43. The van der Waals surface area contributed by atoms with Crippen molar-refractivity contribution in [2.45, 2.75) is 17.9 Å². The topological polar surface area (TPSA) is 63.1 Å². The van der Waals surface area contributed by atoms with Gasteiger partial charge < -0.3 is 5.11 Å². The van der Waals surface area contributed by atoms with Gasteiger partial charge in [0.2, 0.25) is 0 Å². The molecule has 1 aromatic rings. The van der Waals surface area contributed by atoms with Crippen LogP contribution in [-0.2, 0) is 4.79 Å². The van der Waals surface area contributed by atoms with Gasteiger partial charge >= 0.3 is 5.97 Å². The van der Waals surface area contributed by atoms with Gasteiger partial charge in [-0.2, -0.15) is 0 Å². The van der Waals surface area contributed by atoms with Crippen LogP contribution in [0.15, 0.2) is 23.6 Å². The molecule has 13 heavy (non-hydrogen) atoms. The first kappa shape index (κ1) is 9.98. The Morgan fingerprint density at radius 3 is 3.08 bits per heavy atom. The molecule has 1 rings (SSSR count). The van der Waals surface area contributed by atoms with E-state index in [0.717, 1.165) is 10.8 Å². The monoisotopic (exact) mass is 198 g/mol. The highest BCUT2D eigenvalue weighted by atomic mass is 32.2. The maximum absolute atomic E-state index is 10.2. The maximum atomic E-state index is 10.2. The number of nitrogens with zero attached hydrogens (tertiary/aromatic N) is 2. The molecule has 0 radical (unpaired) electrons. The minimum atomic E-state index is -0.747. The molecule has 0 aromatic carbocycles. The van der Waals surface area contributed by atoms with E-state index in [9.17, 15) is 4.79 Å². The Labute approximate surface area is 80.4 Å². The van der Waals surface area contributed by atoms with Gasteiger partial charge in [-0.1, -0.05) is 0 Å². The Kier molecular flexibility index (Phi) is 4.25. The predicted molar refractivity (Wildman–Crippen MR) is 49.6 cm³/mol. The van der Waals surface area contributed by atoms with Crippen LogP contribution in [0.2, 0.25) is 0 Å². The Morgan fingerprint density at radius 1 is 1.62 bits per heavy atom. The molecule has 0 aliphatic rings. The number of aliphatic carboxylic acids is 1. The zero-order valence-corrected chi connectivity index (χ0v) is 7.83. The third-order valence-corrected chi connectivity index (χ3v) is 2.37. The van der Waals surface area contributed by atoms with E-state index in [1.54, 1.807) is 18.0 Å². The fourth-order valence-corrected chi connectivity index (χ4v) is 1.54. The second-order valence-corrected chi connectivity index (χ2v) is 3.51. The second-order valence-electron chi connectivity index (χ2n) is 2.39. The van der Waals surface area contributed by atoms with Crippen LogP contribution in [0.1, 0.15) is 12.8 Å². The number of aromatic nitrogens is 2. The van der Waals surface area contributed by atoms with Gasteiger partial charge in [0.25, 0.3) is 0 Å². The number of carboxylic acid groups (broad SMARTS) is 1. The summed E-state index contributed by atoms with van der Waals surface area (Å²) in [5, 5.41) is 9.27. The SMILES string of the molecule is O=C(O)CCCSc1ccncn1. The Bertz CT molecular complexity index is 266. The normalized spacial score (nSPS) is 9.85. The first-order valence-electron chi connectivity index (χ1n) is 3.89. The van der Waals surface area contributed by atoms with Gasteiger partial charge in [0, 0.05) is 18.4 Å².